The van der Waals surface area contributed by atoms with E-state index < -0.39 is 0 Å². The van der Waals surface area contributed by atoms with Gasteiger partial charge in [0.05, 0.1) is 22.5 Å². The molecule has 0 bridgehead atoms. The molecule has 0 fully saturated rings. The van der Waals surface area contributed by atoms with Gasteiger partial charge in [0, 0.05) is 12.2 Å². The number of nitrogens with one attached hydrogen (secondary N) is 2. The first kappa shape index (κ1) is 15.9. The van der Waals surface area contributed by atoms with Crippen LogP contribution in [-0.2, 0) is 6.54 Å². The van der Waals surface area contributed by atoms with Crippen molar-refractivity contribution in [2.24, 2.45) is 0 Å². The first-order chi connectivity index (χ1) is 12.6. The lowest BCUT2D eigenvalue weighted by molar-refractivity contribution is 1.06. The first-order valence-electron chi connectivity index (χ1n) is 8.30. The van der Waals surface area contributed by atoms with Crippen molar-refractivity contribution in [2.45, 2.75) is 13.5 Å². The number of aryl methyl sites for hydroxylation is 1. The highest BCUT2D eigenvalue weighted by Crippen LogP contribution is 2.23. The predicted molar refractivity (Wildman–Crippen MR) is 103 cm³/mol. The van der Waals surface area contributed by atoms with Crippen LogP contribution in [0.5, 0.6) is 0 Å². The molecule has 4 aromatic rings. The summed E-state index contributed by atoms with van der Waals surface area (Å²) in [6, 6.07) is 19.4. The zero-order valence-electron chi connectivity index (χ0n) is 14.2. The summed E-state index contributed by atoms with van der Waals surface area (Å²) in [5.41, 5.74) is 3.23. The Morgan fingerprint density at radius 1 is 1.12 bits per heavy atom. The van der Waals surface area contributed by atoms with Crippen molar-refractivity contribution in [3.8, 4) is 6.07 Å². The number of rotatable bonds is 3. The van der Waals surface area contributed by atoms with Crippen molar-refractivity contribution in [1.82, 2.24) is 9.97 Å². The highest BCUT2D eigenvalue weighted by Gasteiger charge is 2.07. The summed E-state index contributed by atoms with van der Waals surface area (Å²) in [4.78, 5) is 19.6. The van der Waals surface area contributed by atoms with Crippen molar-refractivity contribution in [3.63, 3.8) is 0 Å². The van der Waals surface area contributed by atoms with Gasteiger partial charge in [-0.3, -0.25) is 4.79 Å². The third kappa shape index (κ3) is 2.89. The molecular formula is C21H16N4O. The van der Waals surface area contributed by atoms with Gasteiger partial charge in [-0.15, -0.1) is 0 Å². The standard InChI is InChI=1S/C21H16N4O/c1-13-24-19-9-6-16-5-2-15(10-18(16)20(19)21(26)25-13)12-23-17-7-3-14(11-22)4-8-17/h2-10,23H,12H2,1H3,(H,24,25,26). The fraction of sp³-hybridized carbons (Fsp3) is 0.0952. The number of aromatic nitrogens is 2. The Labute approximate surface area is 149 Å². The Balaban J connectivity index is 1.71. The van der Waals surface area contributed by atoms with Gasteiger partial charge in [0.25, 0.3) is 5.56 Å². The van der Waals surface area contributed by atoms with Crippen LogP contribution in [0.4, 0.5) is 5.69 Å². The van der Waals surface area contributed by atoms with Gasteiger partial charge in [0.1, 0.15) is 5.82 Å². The zero-order chi connectivity index (χ0) is 18.1. The lowest BCUT2D eigenvalue weighted by Gasteiger charge is -2.09. The fourth-order valence-electron chi connectivity index (χ4n) is 3.10. The van der Waals surface area contributed by atoms with Crippen LogP contribution in [0.3, 0.4) is 0 Å². The van der Waals surface area contributed by atoms with E-state index in [1.807, 2.05) is 42.5 Å². The molecule has 3 aromatic carbocycles. The first-order valence-corrected chi connectivity index (χ1v) is 8.30. The zero-order valence-corrected chi connectivity index (χ0v) is 14.2. The minimum atomic E-state index is -0.115. The molecule has 26 heavy (non-hydrogen) atoms. The highest BCUT2D eigenvalue weighted by molar-refractivity contribution is 6.05. The Morgan fingerprint density at radius 2 is 1.88 bits per heavy atom. The Hall–Kier alpha value is -3.65. The molecule has 126 valence electrons. The van der Waals surface area contributed by atoms with Crippen molar-refractivity contribution < 1.29 is 0 Å². The molecule has 0 atom stereocenters. The van der Waals surface area contributed by atoms with Gasteiger partial charge in [-0.1, -0.05) is 18.2 Å². The predicted octanol–water partition coefficient (Wildman–Crippen LogP) is 3.87. The molecule has 0 saturated carbocycles. The minimum Gasteiger partial charge on any atom is -0.381 e. The van der Waals surface area contributed by atoms with Crippen LogP contribution in [0.2, 0.25) is 0 Å². The topological polar surface area (TPSA) is 81.6 Å². The second-order valence-corrected chi connectivity index (χ2v) is 6.21. The lowest BCUT2D eigenvalue weighted by Crippen LogP contribution is -2.10. The summed E-state index contributed by atoms with van der Waals surface area (Å²) in [6.07, 6.45) is 0. The molecule has 2 N–H and O–H groups in total. The van der Waals surface area contributed by atoms with Crippen LogP contribution in [0.15, 0.2) is 59.4 Å². The molecule has 4 rings (SSSR count). The number of hydrogen-bond donors (Lipinski definition) is 2. The molecule has 0 amide bonds. The largest absolute Gasteiger partial charge is 0.381 e. The van der Waals surface area contributed by atoms with Gasteiger partial charge in [0.15, 0.2) is 0 Å². The van der Waals surface area contributed by atoms with Crippen LogP contribution >= 0.6 is 0 Å². The molecule has 0 aliphatic carbocycles. The van der Waals surface area contributed by atoms with Crippen LogP contribution in [0.25, 0.3) is 21.7 Å². The molecule has 1 aromatic heterocycles. The van der Waals surface area contributed by atoms with E-state index in [9.17, 15) is 4.79 Å². The monoisotopic (exact) mass is 340 g/mol. The van der Waals surface area contributed by atoms with Gasteiger partial charge in [0.2, 0.25) is 0 Å². The molecular weight excluding hydrogens is 324 g/mol. The molecule has 0 radical (unpaired) electrons. The summed E-state index contributed by atoms with van der Waals surface area (Å²) in [6.45, 7) is 2.40. The van der Waals surface area contributed by atoms with Gasteiger partial charge < -0.3 is 10.3 Å². The summed E-state index contributed by atoms with van der Waals surface area (Å²) < 4.78 is 0. The van der Waals surface area contributed by atoms with E-state index in [0.717, 1.165) is 22.0 Å². The molecule has 5 heteroatoms. The van der Waals surface area contributed by atoms with Crippen molar-refractivity contribution in [1.29, 1.82) is 5.26 Å². The van der Waals surface area contributed by atoms with Crippen LogP contribution in [0, 0.1) is 18.3 Å². The third-order valence-electron chi connectivity index (χ3n) is 4.38. The van der Waals surface area contributed by atoms with E-state index in [1.165, 1.54) is 0 Å². The molecule has 1 heterocycles. The van der Waals surface area contributed by atoms with Crippen molar-refractivity contribution >= 4 is 27.4 Å². The number of fused-ring (bicyclic) bond motifs is 3. The van der Waals surface area contributed by atoms with Gasteiger partial charge in [-0.2, -0.15) is 5.26 Å². The number of hydrogen-bond acceptors (Lipinski definition) is 4. The molecule has 5 nitrogen and oxygen atoms in total. The van der Waals surface area contributed by atoms with Crippen LogP contribution < -0.4 is 10.9 Å². The maximum Gasteiger partial charge on any atom is 0.259 e. The smallest absolute Gasteiger partial charge is 0.259 e. The normalized spacial score (nSPS) is 10.8. The average molecular weight is 340 g/mol. The van der Waals surface area contributed by atoms with E-state index >= 15 is 0 Å². The Bertz CT molecular complexity index is 1220. The maximum absolute atomic E-state index is 12.4. The number of anilines is 1. The maximum atomic E-state index is 12.4. The summed E-state index contributed by atoms with van der Waals surface area (Å²) in [7, 11) is 0. The number of benzene rings is 3. The van der Waals surface area contributed by atoms with E-state index in [0.29, 0.717) is 28.8 Å². The van der Waals surface area contributed by atoms with E-state index in [2.05, 4.69) is 21.4 Å². The number of nitrogens with zero attached hydrogens (tertiary/aromatic N) is 2. The number of nitriles is 1. The molecule has 0 unspecified atom stereocenters. The SMILES string of the molecule is Cc1nc2ccc3ccc(CNc4ccc(C#N)cc4)cc3c2c(=O)[nH]1. The molecule has 0 aliphatic rings. The minimum absolute atomic E-state index is 0.115. The lowest BCUT2D eigenvalue weighted by atomic mass is 10.0. The highest BCUT2D eigenvalue weighted by atomic mass is 16.1. The number of H-pyrrole nitrogens is 1. The molecule has 0 aliphatic heterocycles. The summed E-state index contributed by atoms with van der Waals surface area (Å²) in [5, 5.41) is 14.7. The Kier molecular flexibility index (Phi) is 3.86. The fourth-order valence-corrected chi connectivity index (χ4v) is 3.10. The molecule has 0 spiro atoms. The van der Waals surface area contributed by atoms with Gasteiger partial charge >= 0.3 is 0 Å². The van der Waals surface area contributed by atoms with Gasteiger partial charge in [-0.25, -0.2) is 4.98 Å². The quantitative estimate of drug-likeness (QED) is 0.555. The van der Waals surface area contributed by atoms with E-state index in [-0.39, 0.29) is 5.56 Å². The second-order valence-electron chi connectivity index (χ2n) is 6.21. The average Bonchev–Trinajstić information content (AvgIpc) is 2.66. The number of aromatic amines is 1. The summed E-state index contributed by atoms with van der Waals surface area (Å²) >= 11 is 0. The van der Waals surface area contributed by atoms with Crippen LogP contribution in [-0.4, -0.2) is 9.97 Å². The van der Waals surface area contributed by atoms with Crippen molar-refractivity contribution in [2.75, 3.05) is 5.32 Å². The summed E-state index contributed by atoms with van der Waals surface area (Å²) in [5.74, 6) is 0.612. The molecule has 0 saturated heterocycles. The Morgan fingerprint density at radius 3 is 2.65 bits per heavy atom. The van der Waals surface area contributed by atoms with E-state index in [4.69, 9.17) is 5.26 Å². The van der Waals surface area contributed by atoms with Gasteiger partial charge in [-0.05, 0) is 59.7 Å². The van der Waals surface area contributed by atoms with E-state index in [1.54, 1.807) is 19.1 Å². The third-order valence-corrected chi connectivity index (χ3v) is 4.38. The van der Waals surface area contributed by atoms with Crippen LogP contribution in [0.1, 0.15) is 17.0 Å². The van der Waals surface area contributed by atoms with Crippen molar-refractivity contribution in [3.05, 3.63) is 81.9 Å². The second kappa shape index (κ2) is 6.34.